The van der Waals surface area contributed by atoms with Gasteiger partial charge in [-0.2, -0.15) is 0 Å². The lowest BCUT2D eigenvalue weighted by molar-refractivity contribution is 0.588. The molecule has 3 aromatic heterocycles. The molecule has 0 bridgehead atoms. The molecule has 0 saturated carbocycles. The van der Waals surface area contributed by atoms with Crippen LogP contribution < -0.4 is 5.56 Å². The predicted octanol–water partition coefficient (Wildman–Crippen LogP) is 5.34. The Kier molecular flexibility index (Phi) is 5.33. The van der Waals surface area contributed by atoms with Crippen LogP contribution in [0.2, 0.25) is 0 Å². The van der Waals surface area contributed by atoms with Crippen molar-refractivity contribution in [3.8, 4) is 0 Å². The summed E-state index contributed by atoms with van der Waals surface area (Å²) in [5, 5.41) is 11.4. The number of thioether (sulfide) groups is 1. The van der Waals surface area contributed by atoms with Crippen LogP contribution in [0.4, 0.5) is 4.39 Å². The van der Waals surface area contributed by atoms with Gasteiger partial charge >= 0.3 is 0 Å². The van der Waals surface area contributed by atoms with E-state index in [1.807, 2.05) is 34.0 Å². The van der Waals surface area contributed by atoms with Gasteiger partial charge in [0.05, 0.1) is 5.52 Å². The van der Waals surface area contributed by atoms with Crippen molar-refractivity contribution in [2.75, 3.05) is 0 Å². The summed E-state index contributed by atoms with van der Waals surface area (Å²) in [7, 11) is 0. The molecule has 8 heteroatoms. The van der Waals surface area contributed by atoms with E-state index in [1.165, 1.54) is 40.8 Å². The summed E-state index contributed by atoms with van der Waals surface area (Å²) in [5.41, 5.74) is 2.95. The number of halogens is 1. The molecule has 0 spiro atoms. The van der Waals surface area contributed by atoms with Gasteiger partial charge in [-0.3, -0.25) is 13.8 Å². The van der Waals surface area contributed by atoms with Gasteiger partial charge < -0.3 is 0 Å². The molecule has 0 N–H and O–H groups in total. The van der Waals surface area contributed by atoms with Crippen LogP contribution in [0.15, 0.2) is 76.0 Å². The monoisotopic (exact) mass is 450 g/mol. The Morgan fingerprint density at radius 1 is 1.06 bits per heavy atom. The Bertz CT molecular complexity index is 1410. The zero-order valence-electron chi connectivity index (χ0n) is 16.7. The van der Waals surface area contributed by atoms with Gasteiger partial charge in [-0.1, -0.05) is 61.2 Å². The minimum Gasteiger partial charge on any atom is -0.275 e. The lowest BCUT2D eigenvalue weighted by Crippen LogP contribution is -2.24. The molecule has 0 aliphatic rings. The average molecular weight is 451 g/mol. The molecule has 0 aliphatic heterocycles. The fourth-order valence-corrected chi connectivity index (χ4v) is 5.37. The summed E-state index contributed by atoms with van der Waals surface area (Å²) in [5.74, 6) is 1.07. The van der Waals surface area contributed by atoms with E-state index < -0.39 is 0 Å². The van der Waals surface area contributed by atoms with Crippen molar-refractivity contribution in [2.24, 2.45) is 0 Å². The fraction of sp³-hybridized carbons (Fsp3) is 0.174. The van der Waals surface area contributed by atoms with E-state index in [9.17, 15) is 9.18 Å². The third kappa shape index (κ3) is 3.77. The normalized spacial score (nSPS) is 12.6. The minimum absolute atomic E-state index is 0.0391. The van der Waals surface area contributed by atoms with E-state index in [1.54, 1.807) is 16.7 Å². The molecule has 31 heavy (non-hydrogen) atoms. The summed E-state index contributed by atoms with van der Waals surface area (Å²) in [6.45, 7) is 2.62. The lowest BCUT2D eigenvalue weighted by atomic mass is 10.0. The molecule has 156 valence electrons. The van der Waals surface area contributed by atoms with Crippen LogP contribution in [0.3, 0.4) is 0 Å². The Labute approximate surface area is 186 Å². The van der Waals surface area contributed by atoms with Gasteiger partial charge in [-0.05, 0) is 40.6 Å². The van der Waals surface area contributed by atoms with Gasteiger partial charge in [0.15, 0.2) is 5.16 Å². The summed E-state index contributed by atoms with van der Waals surface area (Å²) in [6, 6.07) is 18.5. The summed E-state index contributed by atoms with van der Waals surface area (Å²) in [4.78, 5) is 13.2. The number of hydrogen-bond donors (Lipinski definition) is 0. The number of fused-ring (bicyclic) bond motifs is 3. The van der Waals surface area contributed by atoms with Crippen molar-refractivity contribution < 1.29 is 4.39 Å². The number of thiophene rings is 1. The lowest BCUT2D eigenvalue weighted by Gasteiger charge is -2.15. The van der Waals surface area contributed by atoms with Crippen LogP contribution in [0.1, 0.15) is 24.0 Å². The molecular formula is C23H19FN4OS2. The first-order valence-corrected chi connectivity index (χ1v) is 11.8. The number of hydrogen-bond acceptors (Lipinski definition) is 5. The van der Waals surface area contributed by atoms with E-state index in [0.717, 1.165) is 11.1 Å². The van der Waals surface area contributed by atoms with E-state index >= 15 is 0 Å². The van der Waals surface area contributed by atoms with E-state index in [-0.39, 0.29) is 17.3 Å². The van der Waals surface area contributed by atoms with Crippen molar-refractivity contribution in [1.29, 1.82) is 0 Å². The van der Waals surface area contributed by atoms with Gasteiger partial charge in [-0.25, -0.2) is 4.39 Å². The van der Waals surface area contributed by atoms with E-state index in [0.29, 0.717) is 27.9 Å². The zero-order valence-corrected chi connectivity index (χ0v) is 18.4. The predicted molar refractivity (Wildman–Crippen MR) is 123 cm³/mol. The highest BCUT2D eigenvalue weighted by molar-refractivity contribution is 7.98. The maximum atomic E-state index is 13.2. The molecule has 0 amide bonds. The number of nitrogens with zero attached hydrogens (tertiary/aromatic N) is 4. The molecule has 1 unspecified atom stereocenters. The maximum Gasteiger partial charge on any atom is 0.272 e. The van der Waals surface area contributed by atoms with Gasteiger partial charge in [0.1, 0.15) is 10.5 Å². The molecule has 1 atom stereocenters. The van der Waals surface area contributed by atoms with Crippen LogP contribution in [0, 0.1) is 5.82 Å². The molecule has 3 heterocycles. The standard InChI is InChI=1S/C23H19FN4OS2/c1-15(17-5-3-2-4-6-17)13-27-21(29)20-19(11-12-30-20)28-22(27)25-26-23(28)31-14-16-7-9-18(24)10-8-16/h2-12,15H,13-14H2,1H3. The van der Waals surface area contributed by atoms with Crippen LogP contribution in [0.5, 0.6) is 0 Å². The summed E-state index contributed by atoms with van der Waals surface area (Å²) < 4.78 is 17.6. The Hall–Kier alpha value is -2.97. The SMILES string of the molecule is CC(Cn1c(=O)c2sccc2n2c(SCc3ccc(F)cc3)nnc12)c1ccccc1. The van der Waals surface area contributed by atoms with Crippen molar-refractivity contribution >= 4 is 39.1 Å². The van der Waals surface area contributed by atoms with E-state index in [4.69, 9.17) is 0 Å². The second-order valence-electron chi connectivity index (χ2n) is 7.40. The largest absolute Gasteiger partial charge is 0.275 e. The smallest absolute Gasteiger partial charge is 0.272 e. The first-order chi connectivity index (χ1) is 15.1. The van der Waals surface area contributed by atoms with Crippen molar-refractivity contribution in [2.45, 2.75) is 30.3 Å². The second kappa shape index (κ2) is 8.28. The molecule has 5 nitrogen and oxygen atoms in total. The first-order valence-electron chi connectivity index (χ1n) is 9.89. The van der Waals surface area contributed by atoms with Crippen molar-refractivity contribution in [1.82, 2.24) is 19.2 Å². The highest BCUT2D eigenvalue weighted by Gasteiger charge is 2.19. The third-order valence-corrected chi connectivity index (χ3v) is 7.18. The van der Waals surface area contributed by atoms with Crippen molar-refractivity contribution in [3.63, 3.8) is 0 Å². The van der Waals surface area contributed by atoms with Gasteiger partial charge in [-0.15, -0.1) is 21.5 Å². The average Bonchev–Trinajstić information content (AvgIpc) is 3.44. The van der Waals surface area contributed by atoms with Crippen molar-refractivity contribution in [3.05, 3.63) is 93.3 Å². The third-order valence-electron chi connectivity index (χ3n) is 5.29. The molecule has 5 rings (SSSR count). The van der Waals surface area contributed by atoms with E-state index in [2.05, 4.69) is 29.3 Å². The zero-order chi connectivity index (χ0) is 21.4. The highest BCUT2D eigenvalue weighted by Crippen LogP contribution is 2.27. The summed E-state index contributed by atoms with van der Waals surface area (Å²) in [6.07, 6.45) is 0. The van der Waals surface area contributed by atoms with Gasteiger partial charge in [0.25, 0.3) is 5.56 Å². The maximum absolute atomic E-state index is 13.2. The Balaban J connectivity index is 1.55. The van der Waals surface area contributed by atoms with Crippen LogP contribution >= 0.6 is 23.1 Å². The molecule has 0 aliphatic carbocycles. The number of aromatic nitrogens is 4. The summed E-state index contributed by atoms with van der Waals surface area (Å²) >= 11 is 2.95. The quantitative estimate of drug-likeness (QED) is 0.328. The minimum atomic E-state index is -0.252. The number of benzene rings is 2. The number of rotatable bonds is 6. The molecule has 2 aromatic carbocycles. The Morgan fingerprint density at radius 2 is 1.84 bits per heavy atom. The molecular weight excluding hydrogens is 431 g/mol. The van der Waals surface area contributed by atoms with Crippen LogP contribution in [-0.4, -0.2) is 19.2 Å². The van der Waals surface area contributed by atoms with Gasteiger partial charge in [0.2, 0.25) is 5.78 Å². The molecule has 0 radical (unpaired) electrons. The molecule has 5 aromatic rings. The topological polar surface area (TPSA) is 52.2 Å². The second-order valence-corrected chi connectivity index (χ2v) is 9.25. The molecule has 0 fully saturated rings. The highest BCUT2D eigenvalue weighted by atomic mass is 32.2. The van der Waals surface area contributed by atoms with Crippen LogP contribution in [0.25, 0.3) is 16.0 Å². The van der Waals surface area contributed by atoms with Crippen LogP contribution in [-0.2, 0) is 12.3 Å². The molecule has 0 saturated heterocycles. The Morgan fingerprint density at radius 3 is 2.61 bits per heavy atom. The fourth-order valence-electron chi connectivity index (χ4n) is 3.65. The van der Waals surface area contributed by atoms with Gasteiger partial charge in [0, 0.05) is 12.3 Å². The first kappa shape index (κ1) is 20.0.